The summed E-state index contributed by atoms with van der Waals surface area (Å²) < 4.78 is 0. The van der Waals surface area contributed by atoms with E-state index >= 15 is 0 Å². The van der Waals surface area contributed by atoms with Crippen LogP contribution in [-0.2, 0) is 13.1 Å². The maximum atomic E-state index is 11.7. The minimum Gasteiger partial charge on any atom is -0.366 e. The molecule has 2 aromatic carbocycles. The van der Waals surface area contributed by atoms with Crippen LogP contribution in [0.25, 0.3) is 11.1 Å². The molecule has 5 heteroatoms. The van der Waals surface area contributed by atoms with E-state index in [2.05, 4.69) is 12.3 Å². The second-order valence-corrected chi connectivity index (χ2v) is 5.14. The minimum absolute atomic E-state index is 0.412. The summed E-state index contributed by atoms with van der Waals surface area (Å²) in [7, 11) is 0. The number of nitriles is 2. The number of fused-ring (bicyclic) bond motifs is 1. The first-order valence-electron chi connectivity index (χ1n) is 6.74. The van der Waals surface area contributed by atoms with E-state index in [4.69, 9.17) is 11.0 Å². The lowest BCUT2D eigenvalue weighted by Gasteiger charge is -2.12. The predicted molar refractivity (Wildman–Crippen MR) is 80.0 cm³/mol. The lowest BCUT2D eigenvalue weighted by Crippen LogP contribution is -2.12. The van der Waals surface area contributed by atoms with Crippen LogP contribution < -0.4 is 5.73 Å². The Kier molecular flexibility index (Phi) is 3.25. The van der Waals surface area contributed by atoms with Gasteiger partial charge in [0.05, 0.1) is 24.7 Å². The van der Waals surface area contributed by atoms with Crippen LogP contribution in [0.3, 0.4) is 0 Å². The van der Waals surface area contributed by atoms with Crippen LogP contribution in [0.5, 0.6) is 0 Å². The molecule has 1 amide bonds. The fourth-order valence-corrected chi connectivity index (χ4v) is 2.82. The summed E-state index contributed by atoms with van der Waals surface area (Å²) in [6.45, 7) is 0.951. The van der Waals surface area contributed by atoms with Crippen LogP contribution in [0.4, 0.5) is 0 Å². The second-order valence-electron chi connectivity index (χ2n) is 5.14. The number of amides is 1. The van der Waals surface area contributed by atoms with Gasteiger partial charge in [-0.3, -0.25) is 4.79 Å². The summed E-state index contributed by atoms with van der Waals surface area (Å²) >= 11 is 0. The van der Waals surface area contributed by atoms with Crippen LogP contribution in [0.15, 0.2) is 36.4 Å². The highest BCUT2D eigenvalue weighted by molar-refractivity contribution is 6.00. The molecule has 0 atom stereocenters. The van der Waals surface area contributed by atoms with Crippen molar-refractivity contribution in [3.05, 3.63) is 58.7 Å². The number of nitrogens with two attached hydrogens (primary N) is 1. The van der Waals surface area contributed by atoms with Crippen molar-refractivity contribution in [1.82, 2.24) is 4.90 Å². The highest BCUT2D eigenvalue weighted by Crippen LogP contribution is 2.35. The molecule has 0 fully saturated rings. The van der Waals surface area contributed by atoms with Gasteiger partial charge in [0, 0.05) is 5.56 Å². The standard InChI is InChI=1S/C17H12N4O/c18-7-11-5-12-8-21(10-19)9-16(12)15(6-11)13-3-1-2-4-14(13)17(20)22/h1-6H,8-9H2,(H2,20,22). The van der Waals surface area contributed by atoms with Gasteiger partial charge in [-0.15, -0.1) is 0 Å². The highest BCUT2D eigenvalue weighted by Gasteiger charge is 2.24. The van der Waals surface area contributed by atoms with Crippen LogP contribution in [0.2, 0.25) is 0 Å². The Bertz CT molecular complexity index is 858. The number of hydrogen-bond acceptors (Lipinski definition) is 4. The van der Waals surface area contributed by atoms with Crippen molar-refractivity contribution in [3.8, 4) is 23.4 Å². The van der Waals surface area contributed by atoms with Crippen molar-refractivity contribution < 1.29 is 4.79 Å². The van der Waals surface area contributed by atoms with Crippen LogP contribution in [0, 0.1) is 22.8 Å². The first-order chi connectivity index (χ1) is 10.6. The Morgan fingerprint density at radius 1 is 1.14 bits per heavy atom. The zero-order valence-corrected chi connectivity index (χ0v) is 11.7. The molecule has 2 aromatic rings. The van der Waals surface area contributed by atoms with E-state index in [-0.39, 0.29) is 0 Å². The Morgan fingerprint density at radius 3 is 2.59 bits per heavy atom. The Balaban J connectivity index is 2.26. The van der Waals surface area contributed by atoms with E-state index in [1.165, 1.54) is 0 Å². The van der Waals surface area contributed by atoms with E-state index in [0.29, 0.717) is 29.8 Å². The Morgan fingerprint density at radius 2 is 1.91 bits per heavy atom. The predicted octanol–water partition coefficient (Wildman–Crippen LogP) is 2.12. The molecule has 1 heterocycles. The van der Waals surface area contributed by atoms with Gasteiger partial charge >= 0.3 is 0 Å². The molecule has 0 radical (unpaired) electrons. The Hall–Kier alpha value is -3.31. The third kappa shape index (κ3) is 2.15. The zero-order valence-electron chi connectivity index (χ0n) is 11.7. The number of primary amides is 1. The summed E-state index contributed by atoms with van der Waals surface area (Å²) in [5.41, 5.74) is 9.77. The number of rotatable bonds is 2. The molecule has 2 N–H and O–H groups in total. The van der Waals surface area contributed by atoms with Crippen molar-refractivity contribution in [2.45, 2.75) is 13.1 Å². The number of carbonyl (C=O) groups is 1. The third-order valence-corrected chi connectivity index (χ3v) is 3.81. The summed E-state index contributed by atoms with van der Waals surface area (Å²) in [5.74, 6) is -0.512. The van der Waals surface area contributed by atoms with Gasteiger partial charge in [0.25, 0.3) is 0 Å². The molecule has 0 spiro atoms. The number of carbonyl (C=O) groups excluding carboxylic acids is 1. The summed E-state index contributed by atoms with van der Waals surface area (Å²) in [6.07, 6.45) is 2.12. The van der Waals surface area contributed by atoms with Gasteiger partial charge in [-0.1, -0.05) is 18.2 Å². The van der Waals surface area contributed by atoms with Crippen molar-refractivity contribution >= 4 is 5.91 Å². The van der Waals surface area contributed by atoms with Crippen molar-refractivity contribution in [3.63, 3.8) is 0 Å². The van der Waals surface area contributed by atoms with Gasteiger partial charge in [-0.2, -0.15) is 10.5 Å². The number of nitrogens with zero attached hydrogens (tertiary/aromatic N) is 3. The monoisotopic (exact) mass is 288 g/mol. The lowest BCUT2D eigenvalue weighted by atomic mass is 9.91. The first kappa shape index (κ1) is 13.7. The average molecular weight is 288 g/mol. The number of benzene rings is 2. The average Bonchev–Trinajstić information content (AvgIpc) is 2.96. The van der Waals surface area contributed by atoms with Gasteiger partial charge in [0.1, 0.15) is 0 Å². The van der Waals surface area contributed by atoms with Crippen molar-refractivity contribution in [2.75, 3.05) is 0 Å². The quantitative estimate of drug-likeness (QED) is 0.856. The maximum Gasteiger partial charge on any atom is 0.249 e. The molecule has 1 aliphatic heterocycles. The fourth-order valence-electron chi connectivity index (χ4n) is 2.82. The van der Waals surface area contributed by atoms with Gasteiger partial charge in [0.2, 0.25) is 5.91 Å². The smallest absolute Gasteiger partial charge is 0.249 e. The molecule has 0 aromatic heterocycles. The Labute approximate surface area is 127 Å². The van der Waals surface area contributed by atoms with E-state index in [1.807, 2.05) is 12.1 Å². The fraction of sp³-hybridized carbons (Fsp3) is 0.118. The molecule has 0 aliphatic carbocycles. The molecule has 22 heavy (non-hydrogen) atoms. The lowest BCUT2D eigenvalue weighted by molar-refractivity contribution is 0.100. The normalized spacial score (nSPS) is 12.4. The molecule has 0 saturated heterocycles. The SMILES string of the molecule is N#Cc1cc2c(c(-c3ccccc3C(N)=O)c1)CN(C#N)C2. The van der Waals surface area contributed by atoms with Crippen LogP contribution >= 0.6 is 0 Å². The topological polar surface area (TPSA) is 93.9 Å². The van der Waals surface area contributed by atoms with Gasteiger partial charge in [-0.05, 0) is 40.5 Å². The van der Waals surface area contributed by atoms with Gasteiger partial charge < -0.3 is 10.6 Å². The van der Waals surface area contributed by atoms with Gasteiger partial charge in [-0.25, -0.2) is 0 Å². The zero-order chi connectivity index (χ0) is 15.7. The van der Waals surface area contributed by atoms with E-state index in [9.17, 15) is 10.1 Å². The van der Waals surface area contributed by atoms with Crippen molar-refractivity contribution in [2.24, 2.45) is 5.73 Å². The summed E-state index contributed by atoms with van der Waals surface area (Å²) in [4.78, 5) is 13.3. The van der Waals surface area contributed by atoms with Gasteiger partial charge in [0.15, 0.2) is 6.19 Å². The van der Waals surface area contributed by atoms with Crippen molar-refractivity contribution in [1.29, 1.82) is 10.5 Å². The summed E-state index contributed by atoms with van der Waals surface area (Å²) in [5, 5.41) is 18.3. The largest absolute Gasteiger partial charge is 0.366 e. The van der Waals surface area contributed by atoms with E-state index < -0.39 is 5.91 Å². The van der Waals surface area contributed by atoms with Crippen LogP contribution in [0.1, 0.15) is 27.0 Å². The van der Waals surface area contributed by atoms with E-state index in [0.717, 1.165) is 16.7 Å². The molecular formula is C17H12N4O. The molecule has 5 nitrogen and oxygen atoms in total. The molecule has 3 rings (SSSR count). The molecule has 0 unspecified atom stereocenters. The molecule has 106 valence electrons. The maximum absolute atomic E-state index is 11.7. The molecule has 1 aliphatic rings. The highest BCUT2D eigenvalue weighted by atomic mass is 16.1. The molecule has 0 saturated carbocycles. The molecular weight excluding hydrogens is 276 g/mol. The van der Waals surface area contributed by atoms with Crippen LogP contribution in [-0.4, -0.2) is 10.8 Å². The second kappa shape index (κ2) is 5.23. The summed E-state index contributed by atoms with van der Waals surface area (Å²) in [6, 6.07) is 12.7. The number of hydrogen-bond donors (Lipinski definition) is 1. The van der Waals surface area contributed by atoms with E-state index in [1.54, 1.807) is 29.2 Å². The third-order valence-electron chi connectivity index (χ3n) is 3.81. The first-order valence-corrected chi connectivity index (χ1v) is 6.74. The molecule has 0 bridgehead atoms. The minimum atomic E-state index is -0.512.